The van der Waals surface area contributed by atoms with Crippen molar-refractivity contribution in [2.75, 3.05) is 13.7 Å². The predicted octanol–water partition coefficient (Wildman–Crippen LogP) is 1.65. The van der Waals surface area contributed by atoms with Gasteiger partial charge in [-0.1, -0.05) is 32.9 Å². The van der Waals surface area contributed by atoms with Crippen molar-refractivity contribution in [1.29, 1.82) is 0 Å². The fourth-order valence-electron chi connectivity index (χ4n) is 1.30. The van der Waals surface area contributed by atoms with Crippen LogP contribution in [0.3, 0.4) is 0 Å². The van der Waals surface area contributed by atoms with Crippen LogP contribution in [0.15, 0.2) is 4.52 Å². The first-order valence-electron chi connectivity index (χ1n) is 5.45. The Hall–Kier alpha value is -0.940. The number of rotatable bonds is 4. The van der Waals surface area contributed by atoms with Crippen LogP contribution < -0.4 is 5.73 Å². The van der Waals surface area contributed by atoms with E-state index in [-0.39, 0.29) is 17.4 Å². The molecule has 1 aromatic heterocycles. The molecule has 5 nitrogen and oxygen atoms in total. The minimum absolute atomic E-state index is 0.143. The highest BCUT2D eigenvalue weighted by atomic mass is 16.5. The molecule has 0 amide bonds. The summed E-state index contributed by atoms with van der Waals surface area (Å²) in [7, 11) is 1.65. The summed E-state index contributed by atoms with van der Waals surface area (Å²) in [6.45, 7) is 8.65. The zero-order valence-electron chi connectivity index (χ0n) is 10.7. The molecule has 0 saturated heterocycles. The second kappa shape index (κ2) is 4.93. The summed E-state index contributed by atoms with van der Waals surface area (Å²) in [4.78, 5) is 4.33. The standard InChI is InChI=1S/C11H21N3O2/c1-7(6-15-5)8(12)9-13-10(16-14-9)11(2,3)4/h7-8H,6,12H2,1-5H3. The summed E-state index contributed by atoms with van der Waals surface area (Å²) >= 11 is 0. The van der Waals surface area contributed by atoms with Crippen molar-refractivity contribution in [3.05, 3.63) is 11.7 Å². The van der Waals surface area contributed by atoms with Crippen LogP contribution in [-0.2, 0) is 10.2 Å². The van der Waals surface area contributed by atoms with Crippen molar-refractivity contribution in [2.45, 2.75) is 39.2 Å². The second-order valence-corrected chi connectivity index (χ2v) is 5.17. The average Bonchev–Trinajstić information content (AvgIpc) is 2.65. The van der Waals surface area contributed by atoms with Crippen LogP contribution in [0, 0.1) is 5.92 Å². The molecule has 0 bridgehead atoms. The predicted molar refractivity (Wildman–Crippen MR) is 61.0 cm³/mol. The van der Waals surface area contributed by atoms with Gasteiger partial charge in [0.1, 0.15) is 0 Å². The lowest BCUT2D eigenvalue weighted by atomic mass is 9.97. The first-order chi connectivity index (χ1) is 7.36. The summed E-state index contributed by atoms with van der Waals surface area (Å²) in [5.74, 6) is 1.33. The van der Waals surface area contributed by atoms with Gasteiger partial charge < -0.3 is 15.0 Å². The van der Waals surface area contributed by atoms with E-state index in [0.717, 1.165) is 0 Å². The normalized spacial score (nSPS) is 16.1. The monoisotopic (exact) mass is 227 g/mol. The molecule has 16 heavy (non-hydrogen) atoms. The molecule has 2 atom stereocenters. The minimum Gasteiger partial charge on any atom is -0.384 e. The van der Waals surface area contributed by atoms with Gasteiger partial charge in [0, 0.05) is 18.4 Å². The van der Waals surface area contributed by atoms with Crippen molar-refractivity contribution >= 4 is 0 Å². The van der Waals surface area contributed by atoms with Crippen LogP contribution in [0.4, 0.5) is 0 Å². The fraction of sp³-hybridized carbons (Fsp3) is 0.818. The van der Waals surface area contributed by atoms with E-state index in [4.69, 9.17) is 15.0 Å². The van der Waals surface area contributed by atoms with Crippen molar-refractivity contribution in [2.24, 2.45) is 11.7 Å². The Morgan fingerprint density at radius 3 is 2.50 bits per heavy atom. The molecule has 92 valence electrons. The van der Waals surface area contributed by atoms with Gasteiger partial charge in [0.25, 0.3) is 0 Å². The van der Waals surface area contributed by atoms with Crippen molar-refractivity contribution in [3.63, 3.8) is 0 Å². The van der Waals surface area contributed by atoms with E-state index in [2.05, 4.69) is 10.1 Å². The molecule has 0 spiro atoms. The molecule has 1 aromatic rings. The Bertz CT molecular complexity index is 330. The lowest BCUT2D eigenvalue weighted by molar-refractivity contribution is 0.145. The van der Waals surface area contributed by atoms with E-state index in [1.165, 1.54) is 0 Å². The molecule has 0 fully saturated rings. The third kappa shape index (κ3) is 3.02. The second-order valence-electron chi connectivity index (χ2n) is 5.17. The minimum atomic E-state index is -0.250. The van der Waals surface area contributed by atoms with E-state index in [1.807, 2.05) is 27.7 Å². The lowest BCUT2D eigenvalue weighted by Crippen LogP contribution is -2.24. The number of nitrogens with zero attached hydrogens (tertiary/aromatic N) is 2. The molecule has 2 unspecified atom stereocenters. The van der Waals surface area contributed by atoms with Crippen LogP contribution in [0.25, 0.3) is 0 Å². The summed E-state index contributed by atoms with van der Waals surface area (Å²) in [5, 5.41) is 3.92. The lowest BCUT2D eigenvalue weighted by Gasteiger charge is -2.15. The fourth-order valence-corrected chi connectivity index (χ4v) is 1.30. The highest BCUT2D eigenvalue weighted by Crippen LogP contribution is 2.23. The van der Waals surface area contributed by atoms with Crippen molar-refractivity contribution < 1.29 is 9.26 Å². The van der Waals surface area contributed by atoms with Gasteiger partial charge in [0.2, 0.25) is 5.89 Å². The number of aromatic nitrogens is 2. The number of hydrogen-bond acceptors (Lipinski definition) is 5. The molecule has 2 N–H and O–H groups in total. The summed E-state index contributed by atoms with van der Waals surface area (Å²) in [5.41, 5.74) is 5.87. The van der Waals surface area contributed by atoms with Crippen LogP contribution in [0.2, 0.25) is 0 Å². The van der Waals surface area contributed by atoms with E-state index in [0.29, 0.717) is 18.3 Å². The maximum atomic E-state index is 6.02. The molecular formula is C11H21N3O2. The summed E-state index contributed by atoms with van der Waals surface area (Å²) in [6.07, 6.45) is 0. The quantitative estimate of drug-likeness (QED) is 0.846. The van der Waals surface area contributed by atoms with Gasteiger partial charge in [-0.2, -0.15) is 4.98 Å². The van der Waals surface area contributed by atoms with Crippen LogP contribution in [0.5, 0.6) is 0 Å². The van der Waals surface area contributed by atoms with E-state index < -0.39 is 0 Å². The average molecular weight is 227 g/mol. The Morgan fingerprint density at radius 1 is 1.44 bits per heavy atom. The molecule has 0 aliphatic heterocycles. The van der Waals surface area contributed by atoms with Gasteiger partial charge in [-0.15, -0.1) is 0 Å². The van der Waals surface area contributed by atoms with Gasteiger partial charge in [-0.25, -0.2) is 0 Å². The zero-order chi connectivity index (χ0) is 12.3. The van der Waals surface area contributed by atoms with Gasteiger partial charge in [0.15, 0.2) is 5.82 Å². The third-order valence-corrected chi connectivity index (χ3v) is 2.42. The zero-order valence-corrected chi connectivity index (χ0v) is 10.7. The largest absolute Gasteiger partial charge is 0.384 e. The Kier molecular flexibility index (Phi) is 4.04. The SMILES string of the molecule is COCC(C)C(N)c1noc(C(C)(C)C)n1. The summed E-state index contributed by atoms with van der Waals surface area (Å²) in [6, 6.07) is -0.250. The Balaban J connectivity index is 2.78. The van der Waals surface area contributed by atoms with E-state index in [9.17, 15) is 0 Å². The van der Waals surface area contributed by atoms with Crippen LogP contribution in [0.1, 0.15) is 45.5 Å². The van der Waals surface area contributed by atoms with Gasteiger partial charge in [-0.3, -0.25) is 0 Å². The Labute approximate surface area is 96.4 Å². The molecule has 1 heterocycles. The topological polar surface area (TPSA) is 74.2 Å². The molecule has 0 aliphatic rings. The number of ether oxygens (including phenoxy) is 1. The maximum absolute atomic E-state index is 6.02. The van der Waals surface area contributed by atoms with E-state index >= 15 is 0 Å². The van der Waals surface area contributed by atoms with Gasteiger partial charge >= 0.3 is 0 Å². The highest BCUT2D eigenvalue weighted by molar-refractivity contribution is 5.01. The first-order valence-corrected chi connectivity index (χ1v) is 5.45. The number of hydrogen-bond donors (Lipinski definition) is 1. The molecule has 0 radical (unpaired) electrons. The van der Waals surface area contributed by atoms with Gasteiger partial charge in [0.05, 0.1) is 12.6 Å². The highest BCUT2D eigenvalue weighted by Gasteiger charge is 2.25. The van der Waals surface area contributed by atoms with Crippen molar-refractivity contribution in [1.82, 2.24) is 10.1 Å². The number of nitrogens with two attached hydrogens (primary N) is 1. The molecule has 5 heteroatoms. The molecule has 0 aromatic carbocycles. The molecule has 0 saturated carbocycles. The van der Waals surface area contributed by atoms with Crippen molar-refractivity contribution in [3.8, 4) is 0 Å². The first kappa shape index (κ1) is 13.1. The smallest absolute Gasteiger partial charge is 0.232 e. The number of methoxy groups -OCH3 is 1. The maximum Gasteiger partial charge on any atom is 0.232 e. The molecule has 0 aliphatic carbocycles. The summed E-state index contributed by atoms with van der Waals surface area (Å²) < 4.78 is 10.3. The molecule has 1 rings (SSSR count). The van der Waals surface area contributed by atoms with Crippen LogP contribution in [-0.4, -0.2) is 23.9 Å². The third-order valence-electron chi connectivity index (χ3n) is 2.42. The van der Waals surface area contributed by atoms with Crippen LogP contribution >= 0.6 is 0 Å². The van der Waals surface area contributed by atoms with E-state index in [1.54, 1.807) is 7.11 Å². The Morgan fingerprint density at radius 2 is 2.06 bits per heavy atom. The van der Waals surface area contributed by atoms with Gasteiger partial charge in [-0.05, 0) is 0 Å². The molecular weight excluding hydrogens is 206 g/mol.